The molecule has 1 aliphatic carbocycles. The van der Waals surface area contributed by atoms with Gasteiger partial charge in [0.05, 0.1) is 19.2 Å². The minimum atomic E-state index is -1.02. The molecule has 158 valence electrons. The molecule has 8 nitrogen and oxygen atoms in total. The number of esters is 1. The van der Waals surface area contributed by atoms with Gasteiger partial charge in [-0.25, -0.2) is 9.59 Å². The molecule has 1 spiro atoms. The Morgan fingerprint density at radius 3 is 2.52 bits per heavy atom. The van der Waals surface area contributed by atoms with Crippen molar-refractivity contribution in [2.75, 3.05) is 20.3 Å². The standard InChI is InChI=1S/C21H28N2O6/c1-3-14-8-10-21(11-9-14)19(26)23(20(27)22-21)12-16(24)13-29-17-6-4-15(5-7-17)18(25)28-2/h4-7,14,16,24H,3,8-13H2,1-2H3,(H,22,27). The molecule has 1 saturated carbocycles. The van der Waals surface area contributed by atoms with Crippen LogP contribution in [0.5, 0.6) is 5.75 Å². The Hall–Kier alpha value is -2.61. The van der Waals surface area contributed by atoms with Crippen molar-refractivity contribution in [3.05, 3.63) is 29.8 Å². The number of carbonyl (C=O) groups is 3. The quantitative estimate of drug-likeness (QED) is 0.533. The van der Waals surface area contributed by atoms with E-state index in [0.29, 0.717) is 30.1 Å². The number of imide groups is 1. The van der Waals surface area contributed by atoms with E-state index in [2.05, 4.69) is 17.0 Å². The van der Waals surface area contributed by atoms with Crippen LogP contribution in [0, 0.1) is 5.92 Å². The summed E-state index contributed by atoms with van der Waals surface area (Å²) in [6.07, 6.45) is 3.19. The summed E-state index contributed by atoms with van der Waals surface area (Å²) in [5.41, 5.74) is -0.421. The summed E-state index contributed by atoms with van der Waals surface area (Å²) in [5.74, 6) is 0.364. The predicted octanol–water partition coefficient (Wildman–Crippen LogP) is 2.10. The summed E-state index contributed by atoms with van der Waals surface area (Å²) >= 11 is 0. The van der Waals surface area contributed by atoms with E-state index in [1.54, 1.807) is 24.3 Å². The van der Waals surface area contributed by atoms with E-state index in [0.717, 1.165) is 24.2 Å². The van der Waals surface area contributed by atoms with Crippen LogP contribution in [0.25, 0.3) is 0 Å². The van der Waals surface area contributed by atoms with E-state index in [-0.39, 0.29) is 19.1 Å². The third kappa shape index (κ3) is 4.53. The molecule has 2 N–H and O–H groups in total. The Bertz CT molecular complexity index is 755. The van der Waals surface area contributed by atoms with Crippen molar-refractivity contribution in [2.24, 2.45) is 5.92 Å². The van der Waals surface area contributed by atoms with Crippen LogP contribution in [0.3, 0.4) is 0 Å². The number of carbonyl (C=O) groups excluding carboxylic acids is 3. The van der Waals surface area contributed by atoms with Gasteiger partial charge in [0.2, 0.25) is 0 Å². The SMILES string of the molecule is CCC1CCC2(CC1)NC(=O)N(CC(O)COc1ccc(C(=O)OC)cc1)C2=O. The van der Waals surface area contributed by atoms with Crippen LogP contribution < -0.4 is 10.1 Å². The van der Waals surface area contributed by atoms with Gasteiger partial charge in [-0.05, 0) is 55.9 Å². The zero-order valence-corrected chi connectivity index (χ0v) is 16.8. The minimum absolute atomic E-state index is 0.0838. The number of methoxy groups -OCH3 is 1. The number of hydrogen-bond acceptors (Lipinski definition) is 6. The summed E-state index contributed by atoms with van der Waals surface area (Å²) in [7, 11) is 1.30. The predicted molar refractivity (Wildman–Crippen MR) is 105 cm³/mol. The van der Waals surface area contributed by atoms with Gasteiger partial charge < -0.3 is 19.9 Å². The van der Waals surface area contributed by atoms with Crippen LogP contribution in [0.1, 0.15) is 49.4 Å². The minimum Gasteiger partial charge on any atom is -0.491 e. The highest BCUT2D eigenvalue weighted by molar-refractivity contribution is 6.07. The van der Waals surface area contributed by atoms with Gasteiger partial charge in [-0.3, -0.25) is 9.69 Å². The molecule has 1 saturated heterocycles. The van der Waals surface area contributed by atoms with Crippen LogP contribution >= 0.6 is 0 Å². The summed E-state index contributed by atoms with van der Waals surface area (Å²) in [6, 6.07) is 5.84. The molecule has 1 heterocycles. The van der Waals surface area contributed by atoms with E-state index < -0.39 is 23.6 Å². The topological polar surface area (TPSA) is 105 Å². The van der Waals surface area contributed by atoms with Gasteiger partial charge in [-0.2, -0.15) is 0 Å². The first-order valence-electron chi connectivity index (χ1n) is 10.0. The van der Waals surface area contributed by atoms with Gasteiger partial charge in [0.25, 0.3) is 5.91 Å². The summed E-state index contributed by atoms with van der Waals surface area (Å²) in [4.78, 5) is 37.7. The second kappa shape index (κ2) is 8.82. The molecule has 0 bridgehead atoms. The molecule has 29 heavy (non-hydrogen) atoms. The fraction of sp³-hybridized carbons (Fsp3) is 0.571. The molecule has 2 aliphatic rings. The number of nitrogens with one attached hydrogen (secondary N) is 1. The lowest BCUT2D eigenvalue weighted by Crippen LogP contribution is -2.50. The maximum atomic E-state index is 12.9. The molecule has 1 atom stereocenters. The van der Waals surface area contributed by atoms with Gasteiger partial charge >= 0.3 is 12.0 Å². The highest BCUT2D eigenvalue weighted by Gasteiger charge is 2.52. The van der Waals surface area contributed by atoms with Crippen molar-refractivity contribution >= 4 is 17.9 Å². The van der Waals surface area contributed by atoms with E-state index in [1.165, 1.54) is 7.11 Å². The smallest absolute Gasteiger partial charge is 0.337 e. The first-order valence-corrected chi connectivity index (χ1v) is 10.0. The number of hydrogen-bond donors (Lipinski definition) is 2. The number of β-amino-alcohol motifs (C(OH)–C–C–N with tert-alkyl or cyclic N) is 1. The molecule has 1 aliphatic heterocycles. The van der Waals surface area contributed by atoms with Gasteiger partial charge in [0, 0.05) is 0 Å². The molecular weight excluding hydrogens is 376 g/mol. The fourth-order valence-corrected chi connectivity index (χ4v) is 4.02. The second-order valence-electron chi connectivity index (χ2n) is 7.76. The van der Waals surface area contributed by atoms with Crippen molar-refractivity contribution in [1.82, 2.24) is 10.2 Å². The number of aliphatic hydroxyl groups is 1. The van der Waals surface area contributed by atoms with Gasteiger partial charge in [-0.15, -0.1) is 0 Å². The molecule has 1 unspecified atom stereocenters. The third-order valence-corrected chi connectivity index (χ3v) is 5.89. The summed E-state index contributed by atoms with van der Waals surface area (Å²) in [6.45, 7) is 1.94. The van der Waals surface area contributed by atoms with Crippen molar-refractivity contribution < 1.29 is 29.0 Å². The Balaban J connectivity index is 1.52. The number of ether oxygens (including phenoxy) is 2. The molecule has 0 radical (unpaired) electrons. The summed E-state index contributed by atoms with van der Waals surface area (Å²) < 4.78 is 10.1. The largest absolute Gasteiger partial charge is 0.491 e. The maximum Gasteiger partial charge on any atom is 0.337 e. The zero-order valence-electron chi connectivity index (χ0n) is 16.8. The van der Waals surface area contributed by atoms with Crippen LogP contribution in [-0.4, -0.2) is 59.8 Å². The lowest BCUT2D eigenvalue weighted by molar-refractivity contribution is -0.133. The number of nitrogens with zero attached hydrogens (tertiary/aromatic N) is 1. The molecule has 2 fully saturated rings. The Morgan fingerprint density at radius 1 is 1.28 bits per heavy atom. The number of aliphatic hydroxyl groups excluding tert-OH is 1. The molecule has 1 aromatic rings. The van der Waals surface area contributed by atoms with E-state index in [4.69, 9.17) is 4.74 Å². The molecule has 1 aromatic carbocycles. The van der Waals surface area contributed by atoms with Gasteiger partial charge in [0.15, 0.2) is 0 Å². The lowest BCUT2D eigenvalue weighted by atomic mass is 9.75. The van der Waals surface area contributed by atoms with Crippen LogP contribution in [-0.2, 0) is 9.53 Å². The zero-order chi connectivity index (χ0) is 21.0. The number of benzene rings is 1. The van der Waals surface area contributed by atoms with E-state index in [9.17, 15) is 19.5 Å². The van der Waals surface area contributed by atoms with Crippen molar-refractivity contribution in [1.29, 1.82) is 0 Å². The fourth-order valence-electron chi connectivity index (χ4n) is 4.02. The van der Waals surface area contributed by atoms with Gasteiger partial charge in [-0.1, -0.05) is 13.3 Å². The highest BCUT2D eigenvalue weighted by Crippen LogP contribution is 2.37. The van der Waals surface area contributed by atoms with Crippen molar-refractivity contribution in [3.8, 4) is 5.75 Å². The Labute approximate surface area is 170 Å². The Morgan fingerprint density at radius 2 is 1.93 bits per heavy atom. The number of rotatable bonds is 7. The van der Waals surface area contributed by atoms with Crippen LogP contribution in [0.2, 0.25) is 0 Å². The average Bonchev–Trinajstić information content (AvgIpc) is 2.96. The Kier molecular flexibility index (Phi) is 6.42. The second-order valence-corrected chi connectivity index (χ2v) is 7.76. The van der Waals surface area contributed by atoms with Crippen LogP contribution in [0.15, 0.2) is 24.3 Å². The number of amides is 3. The van der Waals surface area contributed by atoms with E-state index in [1.807, 2.05) is 0 Å². The first-order chi connectivity index (χ1) is 13.9. The maximum absolute atomic E-state index is 12.9. The van der Waals surface area contributed by atoms with Crippen LogP contribution in [0.4, 0.5) is 4.79 Å². The average molecular weight is 404 g/mol. The molecule has 3 amide bonds. The lowest BCUT2D eigenvalue weighted by Gasteiger charge is -2.34. The monoisotopic (exact) mass is 404 g/mol. The third-order valence-electron chi connectivity index (χ3n) is 5.89. The normalized spacial score (nSPS) is 25.1. The molecule has 3 rings (SSSR count). The first kappa shape index (κ1) is 21.1. The summed E-state index contributed by atoms with van der Waals surface area (Å²) in [5, 5.41) is 13.1. The number of urea groups is 1. The molecule has 0 aromatic heterocycles. The van der Waals surface area contributed by atoms with Crippen molar-refractivity contribution in [2.45, 2.75) is 50.7 Å². The van der Waals surface area contributed by atoms with Gasteiger partial charge in [0.1, 0.15) is 24.0 Å². The molecule has 8 heteroatoms. The van der Waals surface area contributed by atoms with Crippen molar-refractivity contribution in [3.63, 3.8) is 0 Å². The highest BCUT2D eigenvalue weighted by atomic mass is 16.5. The molecular formula is C21H28N2O6. The van der Waals surface area contributed by atoms with E-state index >= 15 is 0 Å².